The molecule has 2 aromatic carbocycles. The highest BCUT2D eigenvalue weighted by Crippen LogP contribution is 2.32. The van der Waals surface area contributed by atoms with Gasteiger partial charge in [-0.3, -0.25) is 4.79 Å². The number of carbonyl (C=O) groups excluding carboxylic acids is 1. The van der Waals surface area contributed by atoms with Crippen molar-refractivity contribution in [1.29, 1.82) is 0 Å². The lowest BCUT2D eigenvalue weighted by atomic mass is 9.79. The molecule has 3 rings (SSSR count). The van der Waals surface area contributed by atoms with Crippen molar-refractivity contribution in [1.82, 2.24) is 5.32 Å². The Bertz CT molecular complexity index is 773. The zero-order chi connectivity index (χ0) is 19.3. The summed E-state index contributed by atoms with van der Waals surface area (Å²) in [6.07, 6.45) is 2.76. The van der Waals surface area contributed by atoms with Crippen LogP contribution in [0.25, 0.3) is 0 Å². The van der Waals surface area contributed by atoms with E-state index in [9.17, 15) is 19.4 Å². The van der Waals surface area contributed by atoms with Crippen molar-refractivity contribution in [3.8, 4) is 11.5 Å². The maximum Gasteiger partial charge on any atom is 0.251 e. The number of carbonyl (C=O) groups is 1. The first-order chi connectivity index (χ1) is 13.0. The van der Waals surface area contributed by atoms with E-state index in [2.05, 4.69) is 5.32 Å². The number of aliphatic hydroxyl groups is 1. The minimum atomic E-state index is -0.964. The van der Waals surface area contributed by atoms with Crippen LogP contribution in [0.5, 0.6) is 11.5 Å². The smallest absolute Gasteiger partial charge is 0.251 e. The van der Waals surface area contributed by atoms with Crippen molar-refractivity contribution in [3.63, 3.8) is 0 Å². The van der Waals surface area contributed by atoms with E-state index in [1.54, 1.807) is 0 Å². The van der Waals surface area contributed by atoms with Crippen molar-refractivity contribution in [2.75, 3.05) is 13.2 Å². The molecule has 1 saturated carbocycles. The summed E-state index contributed by atoms with van der Waals surface area (Å²) in [5.74, 6) is -0.613. The van der Waals surface area contributed by atoms with Crippen LogP contribution in [0.1, 0.15) is 36.0 Å². The predicted molar refractivity (Wildman–Crippen MR) is 99.2 cm³/mol. The van der Waals surface area contributed by atoms with E-state index in [-0.39, 0.29) is 12.1 Å². The fraction of sp³-hybridized carbons (Fsp3) is 0.381. The van der Waals surface area contributed by atoms with Crippen LogP contribution in [0.15, 0.2) is 48.5 Å². The summed E-state index contributed by atoms with van der Waals surface area (Å²) in [7, 11) is 0. The average molecular weight is 373 g/mol. The molecule has 6 heteroatoms. The van der Waals surface area contributed by atoms with Crippen molar-refractivity contribution in [3.05, 3.63) is 59.9 Å². The molecule has 0 radical (unpaired) electrons. The van der Waals surface area contributed by atoms with Gasteiger partial charge < -0.3 is 20.3 Å². The summed E-state index contributed by atoms with van der Waals surface area (Å²) in [4.78, 5) is 12.1. The van der Waals surface area contributed by atoms with Crippen LogP contribution in [0.3, 0.4) is 0 Å². The van der Waals surface area contributed by atoms with Gasteiger partial charge in [-0.05, 0) is 61.9 Å². The minimum Gasteiger partial charge on any atom is -0.505 e. The predicted octanol–water partition coefficient (Wildman–Crippen LogP) is 3.26. The van der Waals surface area contributed by atoms with Crippen molar-refractivity contribution >= 4 is 5.91 Å². The second-order valence-corrected chi connectivity index (χ2v) is 7.14. The lowest BCUT2D eigenvalue weighted by Gasteiger charge is -2.36. The Balaban J connectivity index is 1.44. The Morgan fingerprint density at radius 3 is 2.56 bits per heavy atom. The topological polar surface area (TPSA) is 78.8 Å². The van der Waals surface area contributed by atoms with E-state index >= 15 is 0 Å². The van der Waals surface area contributed by atoms with E-state index in [0.717, 1.165) is 30.7 Å². The largest absolute Gasteiger partial charge is 0.505 e. The molecule has 0 saturated heterocycles. The number of hydrogen-bond donors (Lipinski definition) is 3. The second kappa shape index (κ2) is 8.39. The Morgan fingerprint density at radius 2 is 1.89 bits per heavy atom. The van der Waals surface area contributed by atoms with Crippen LogP contribution in [0.4, 0.5) is 4.39 Å². The zero-order valence-electron chi connectivity index (χ0n) is 15.0. The molecular formula is C21H24FNO4. The molecule has 0 spiro atoms. The summed E-state index contributed by atoms with van der Waals surface area (Å²) in [5.41, 5.74) is -0.854. The van der Waals surface area contributed by atoms with Gasteiger partial charge in [0.2, 0.25) is 0 Å². The fourth-order valence-electron chi connectivity index (χ4n) is 3.28. The molecule has 1 fully saturated rings. The van der Waals surface area contributed by atoms with Gasteiger partial charge in [0.15, 0.2) is 11.6 Å². The number of phenolic OH excluding ortho intramolecular Hbond substituents is 1. The Kier molecular flexibility index (Phi) is 5.96. The summed E-state index contributed by atoms with van der Waals surface area (Å²) in [6.45, 7) is 0.722. The molecule has 0 aromatic heterocycles. The lowest BCUT2D eigenvalue weighted by Crippen LogP contribution is -2.45. The highest BCUT2D eigenvalue weighted by atomic mass is 19.1. The molecule has 5 nitrogen and oxygen atoms in total. The van der Waals surface area contributed by atoms with Gasteiger partial charge in [-0.1, -0.05) is 18.2 Å². The van der Waals surface area contributed by atoms with Crippen LogP contribution in [-0.4, -0.2) is 34.9 Å². The first kappa shape index (κ1) is 19.2. The lowest BCUT2D eigenvalue weighted by molar-refractivity contribution is -0.0129. The SMILES string of the molecule is O=C(NCC1(O)CCC(COc2ccccc2)CC1)c1ccc(O)c(F)c1. The number of hydrogen-bond acceptors (Lipinski definition) is 4. The van der Waals surface area contributed by atoms with Gasteiger partial charge in [-0.15, -0.1) is 0 Å². The number of rotatable bonds is 6. The Labute approximate surface area is 157 Å². The molecule has 0 bridgehead atoms. The quantitative estimate of drug-likeness (QED) is 0.726. The summed E-state index contributed by atoms with van der Waals surface area (Å²) < 4.78 is 19.1. The molecular weight excluding hydrogens is 349 g/mol. The molecule has 0 heterocycles. The summed E-state index contributed by atoms with van der Waals surface area (Å²) in [6, 6.07) is 13.1. The molecule has 1 aliphatic rings. The van der Waals surface area contributed by atoms with Gasteiger partial charge in [0.25, 0.3) is 5.91 Å². The average Bonchev–Trinajstić information content (AvgIpc) is 2.69. The summed E-state index contributed by atoms with van der Waals surface area (Å²) in [5, 5.41) is 22.5. The second-order valence-electron chi connectivity index (χ2n) is 7.14. The van der Waals surface area contributed by atoms with Crippen molar-refractivity contribution in [2.24, 2.45) is 5.92 Å². The van der Waals surface area contributed by atoms with Gasteiger partial charge in [0.05, 0.1) is 12.2 Å². The molecule has 0 unspecified atom stereocenters. The third-order valence-corrected chi connectivity index (χ3v) is 5.05. The first-order valence-corrected chi connectivity index (χ1v) is 9.12. The molecule has 0 aliphatic heterocycles. The third-order valence-electron chi connectivity index (χ3n) is 5.05. The Morgan fingerprint density at radius 1 is 1.19 bits per heavy atom. The standard InChI is InChI=1S/C21H24FNO4/c22-18-12-16(6-7-19(18)24)20(25)23-14-21(26)10-8-15(9-11-21)13-27-17-4-2-1-3-5-17/h1-7,12,15,24,26H,8-11,13-14H2,(H,23,25). The van der Waals surface area contributed by atoms with Crippen LogP contribution < -0.4 is 10.1 Å². The normalized spacial score (nSPS) is 22.2. The number of aromatic hydroxyl groups is 1. The number of para-hydroxylation sites is 1. The van der Waals surface area contributed by atoms with Crippen LogP contribution in [0.2, 0.25) is 0 Å². The van der Waals surface area contributed by atoms with E-state index in [4.69, 9.17) is 4.74 Å². The maximum absolute atomic E-state index is 13.4. The highest BCUT2D eigenvalue weighted by molar-refractivity contribution is 5.94. The van der Waals surface area contributed by atoms with E-state index in [0.29, 0.717) is 25.4 Å². The van der Waals surface area contributed by atoms with E-state index in [1.807, 2.05) is 30.3 Å². The molecule has 27 heavy (non-hydrogen) atoms. The van der Waals surface area contributed by atoms with Crippen LogP contribution >= 0.6 is 0 Å². The molecule has 144 valence electrons. The molecule has 1 aliphatic carbocycles. The molecule has 1 amide bonds. The minimum absolute atomic E-state index is 0.110. The van der Waals surface area contributed by atoms with Gasteiger partial charge in [0, 0.05) is 12.1 Å². The number of amides is 1. The molecule has 2 aromatic rings. The first-order valence-electron chi connectivity index (χ1n) is 9.12. The van der Waals surface area contributed by atoms with Crippen molar-refractivity contribution in [2.45, 2.75) is 31.3 Å². The molecule has 0 atom stereocenters. The number of halogens is 1. The number of ether oxygens (including phenoxy) is 1. The number of benzene rings is 2. The van der Waals surface area contributed by atoms with Crippen LogP contribution in [-0.2, 0) is 0 Å². The van der Waals surface area contributed by atoms with Crippen molar-refractivity contribution < 1.29 is 24.1 Å². The van der Waals surface area contributed by atoms with Crippen LogP contribution in [0, 0.1) is 11.7 Å². The van der Waals surface area contributed by atoms with Gasteiger partial charge in [-0.2, -0.15) is 0 Å². The zero-order valence-corrected chi connectivity index (χ0v) is 15.0. The van der Waals surface area contributed by atoms with E-state index < -0.39 is 23.1 Å². The monoisotopic (exact) mass is 373 g/mol. The highest BCUT2D eigenvalue weighted by Gasteiger charge is 2.33. The third kappa shape index (κ3) is 5.20. The van der Waals surface area contributed by atoms with Gasteiger partial charge in [-0.25, -0.2) is 4.39 Å². The fourth-order valence-corrected chi connectivity index (χ4v) is 3.28. The van der Waals surface area contributed by atoms with Gasteiger partial charge >= 0.3 is 0 Å². The number of nitrogens with one attached hydrogen (secondary N) is 1. The molecule has 3 N–H and O–H groups in total. The Hall–Kier alpha value is -2.60. The summed E-state index contributed by atoms with van der Waals surface area (Å²) >= 11 is 0. The van der Waals surface area contributed by atoms with E-state index in [1.165, 1.54) is 6.07 Å². The maximum atomic E-state index is 13.4. The van der Waals surface area contributed by atoms with Gasteiger partial charge in [0.1, 0.15) is 5.75 Å². The number of phenols is 1.